The van der Waals surface area contributed by atoms with Gasteiger partial charge in [0.2, 0.25) is 0 Å². The van der Waals surface area contributed by atoms with Crippen molar-refractivity contribution < 1.29 is 0 Å². The maximum absolute atomic E-state index is 4.64. The Hall–Kier alpha value is -1.51. The standard InChI is InChI=1S/C14H19N3/c1-16-10-9-15-14(16)17(13-7-8-13)11-12-5-3-2-4-6-12/h2-6,13H,7-11H2,1H3. The van der Waals surface area contributed by atoms with Crippen molar-refractivity contribution in [1.29, 1.82) is 0 Å². The number of likely N-dealkylation sites (N-methyl/N-ethyl adjacent to an activating group) is 1. The molecule has 3 rings (SSSR count). The molecular weight excluding hydrogens is 210 g/mol. The molecular formula is C14H19N3. The second-order valence-electron chi connectivity index (χ2n) is 4.95. The molecule has 0 unspecified atom stereocenters. The van der Waals surface area contributed by atoms with E-state index in [4.69, 9.17) is 0 Å². The first-order chi connectivity index (χ1) is 8.34. The Morgan fingerprint density at radius 3 is 2.65 bits per heavy atom. The van der Waals surface area contributed by atoms with E-state index in [9.17, 15) is 0 Å². The van der Waals surface area contributed by atoms with Crippen LogP contribution in [0.3, 0.4) is 0 Å². The maximum Gasteiger partial charge on any atom is 0.197 e. The number of guanidine groups is 1. The molecule has 0 atom stereocenters. The van der Waals surface area contributed by atoms with E-state index in [1.54, 1.807) is 0 Å². The molecule has 1 aliphatic heterocycles. The van der Waals surface area contributed by atoms with E-state index in [-0.39, 0.29) is 0 Å². The third-order valence-corrected chi connectivity index (χ3v) is 3.47. The summed E-state index contributed by atoms with van der Waals surface area (Å²) >= 11 is 0. The molecule has 0 bridgehead atoms. The summed E-state index contributed by atoms with van der Waals surface area (Å²) in [6.45, 7) is 3.01. The first kappa shape index (κ1) is 10.6. The van der Waals surface area contributed by atoms with Crippen LogP contribution in [0.15, 0.2) is 35.3 Å². The van der Waals surface area contributed by atoms with Crippen molar-refractivity contribution in [2.24, 2.45) is 4.99 Å². The van der Waals surface area contributed by atoms with Gasteiger partial charge in [-0.25, -0.2) is 0 Å². The molecule has 1 fully saturated rings. The fraction of sp³-hybridized carbons (Fsp3) is 0.500. The Labute approximate surface area is 103 Å². The SMILES string of the molecule is CN1CCN=C1N(Cc1ccccc1)C1CC1. The van der Waals surface area contributed by atoms with Gasteiger partial charge in [0.05, 0.1) is 6.54 Å². The van der Waals surface area contributed by atoms with Gasteiger partial charge in [-0.15, -0.1) is 0 Å². The molecule has 3 heteroatoms. The number of nitrogens with zero attached hydrogens (tertiary/aromatic N) is 3. The first-order valence-corrected chi connectivity index (χ1v) is 6.41. The summed E-state index contributed by atoms with van der Waals surface area (Å²) < 4.78 is 0. The van der Waals surface area contributed by atoms with Crippen LogP contribution in [0.2, 0.25) is 0 Å². The smallest absolute Gasteiger partial charge is 0.197 e. The quantitative estimate of drug-likeness (QED) is 0.789. The minimum atomic E-state index is 0.717. The molecule has 17 heavy (non-hydrogen) atoms. The Kier molecular flexibility index (Phi) is 2.75. The van der Waals surface area contributed by atoms with Gasteiger partial charge in [0.15, 0.2) is 5.96 Å². The minimum Gasteiger partial charge on any atom is -0.344 e. The van der Waals surface area contributed by atoms with Crippen LogP contribution < -0.4 is 0 Å². The highest BCUT2D eigenvalue weighted by atomic mass is 15.4. The lowest BCUT2D eigenvalue weighted by molar-refractivity contribution is 0.349. The van der Waals surface area contributed by atoms with Gasteiger partial charge in [-0.05, 0) is 18.4 Å². The lowest BCUT2D eigenvalue weighted by atomic mass is 10.2. The molecule has 0 radical (unpaired) electrons. The van der Waals surface area contributed by atoms with Crippen LogP contribution in [0, 0.1) is 0 Å². The van der Waals surface area contributed by atoms with E-state index in [0.29, 0.717) is 0 Å². The number of benzene rings is 1. The van der Waals surface area contributed by atoms with Crippen LogP contribution in [0.4, 0.5) is 0 Å². The third-order valence-electron chi connectivity index (χ3n) is 3.47. The maximum atomic E-state index is 4.64. The number of rotatable bonds is 3. The summed E-state index contributed by atoms with van der Waals surface area (Å²) in [7, 11) is 2.15. The second kappa shape index (κ2) is 4.40. The molecule has 0 N–H and O–H groups in total. The van der Waals surface area contributed by atoms with Crippen molar-refractivity contribution in [3.05, 3.63) is 35.9 Å². The molecule has 0 saturated heterocycles. The summed E-state index contributed by atoms with van der Waals surface area (Å²) in [5, 5.41) is 0. The molecule has 0 spiro atoms. The molecule has 1 heterocycles. The number of aliphatic imine (C=N–C) groups is 1. The predicted octanol–water partition coefficient (Wildman–Crippen LogP) is 1.95. The molecule has 3 nitrogen and oxygen atoms in total. The van der Waals surface area contributed by atoms with Crippen molar-refractivity contribution in [2.75, 3.05) is 20.1 Å². The van der Waals surface area contributed by atoms with Crippen molar-refractivity contribution in [1.82, 2.24) is 9.80 Å². The summed E-state index contributed by atoms with van der Waals surface area (Å²) in [5.74, 6) is 1.19. The van der Waals surface area contributed by atoms with Gasteiger partial charge < -0.3 is 9.80 Å². The van der Waals surface area contributed by atoms with Crippen molar-refractivity contribution in [2.45, 2.75) is 25.4 Å². The fourth-order valence-electron chi connectivity index (χ4n) is 2.36. The Morgan fingerprint density at radius 1 is 1.29 bits per heavy atom. The monoisotopic (exact) mass is 229 g/mol. The van der Waals surface area contributed by atoms with E-state index in [1.165, 1.54) is 24.4 Å². The predicted molar refractivity (Wildman–Crippen MR) is 69.9 cm³/mol. The zero-order valence-corrected chi connectivity index (χ0v) is 10.3. The van der Waals surface area contributed by atoms with Gasteiger partial charge in [0.1, 0.15) is 0 Å². The third kappa shape index (κ3) is 2.28. The van der Waals surface area contributed by atoms with Crippen molar-refractivity contribution in [3.63, 3.8) is 0 Å². The van der Waals surface area contributed by atoms with Crippen molar-refractivity contribution in [3.8, 4) is 0 Å². The Bertz CT molecular complexity index is 409. The number of hydrogen-bond donors (Lipinski definition) is 0. The van der Waals surface area contributed by atoms with Gasteiger partial charge >= 0.3 is 0 Å². The summed E-state index contributed by atoms with van der Waals surface area (Å²) in [6.07, 6.45) is 2.64. The van der Waals surface area contributed by atoms with Crippen LogP contribution in [-0.4, -0.2) is 41.9 Å². The fourth-order valence-corrected chi connectivity index (χ4v) is 2.36. The normalized spacial score (nSPS) is 19.4. The van der Waals surface area contributed by atoms with E-state index in [2.05, 4.69) is 52.2 Å². The van der Waals surface area contributed by atoms with Gasteiger partial charge in [-0.3, -0.25) is 4.99 Å². The molecule has 90 valence electrons. The highest BCUT2D eigenvalue weighted by molar-refractivity contribution is 5.82. The van der Waals surface area contributed by atoms with Crippen LogP contribution in [0.1, 0.15) is 18.4 Å². The molecule has 2 aliphatic rings. The van der Waals surface area contributed by atoms with Crippen LogP contribution in [-0.2, 0) is 6.54 Å². The average molecular weight is 229 g/mol. The highest BCUT2D eigenvalue weighted by Gasteiger charge is 2.33. The number of hydrogen-bond acceptors (Lipinski definition) is 3. The second-order valence-corrected chi connectivity index (χ2v) is 4.95. The zero-order chi connectivity index (χ0) is 11.7. The summed E-state index contributed by atoms with van der Waals surface area (Å²) in [4.78, 5) is 9.40. The summed E-state index contributed by atoms with van der Waals surface area (Å²) in [5.41, 5.74) is 1.38. The van der Waals surface area contributed by atoms with Crippen LogP contribution in [0.25, 0.3) is 0 Å². The van der Waals surface area contributed by atoms with Gasteiger partial charge in [-0.1, -0.05) is 30.3 Å². The molecule has 1 saturated carbocycles. The molecule has 1 aromatic rings. The molecule has 0 amide bonds. The van der Waals surface area contributed by atoms with Crippen molar-refractivity contribution >= 4 is 5.96 Å². The summed E-state index contributed by atoms with van der Waals surface area (Å²) in [6, 6.07) is 11.4. The lowest BCUT2D eigenvalue weighted by Crippen LogP contribution is -2.40. The van der Waals surface area contributed by atoms with Gasteiger partial charge in [0.25, 0.3) is 0 Å². The first-order valence-electron chi connectivity index (χ1n) is 6.41. The Balaban J connectivity index is 1.77. The van der Waals surface area contributed by atoms with E-state index < -0.39 is 0 Å². The van der Waals surface area contributed by atoms with E-state index >= 15 is 0 Å². The average Bonchev–Trinajstić information content (AvgIpc) is 3.11. The zero-order valence-electron chi connectivity index (χ0n) is 10.3. The molecule has 1 aromatic carbocycles. The largest absolute Gasteiger partial charge is 0.344 e. The van der Waals surface area contributed by atoms with Crippen LogP contribution >= 0.6 is 0 Å². The van der Waals surface area contributed by atoms with Gasteiger partial charge in [0, 0.05) is 26.2 Å². The topological polar surface area (TPSA) is 18.8 Å². The highest BCUT2D eigenvalue weighted by Crippen LogP contribution is 2.29. The molecule has 0 aromatic heterocycles. The minimum absolute atomic E-state index is 0.717. The Morgan fingerprint density at radius 2 is 2.06 bits per heavy atom. The lowest BCUT2D eigenvalue weighted by Gasteiger charge is -2.28. The van der Waals surface area contributed by atoms with Crippen LogP contribution in [0.5, 0.6) is 0 Å². The van der Waals surface area contributed by atoms with E-state index in [1.807, 2.05) is 0 Å². The molecule has 1 aliphatic carbocycles. The van der Waals surface area contributed by atoms with E-state index in [0.717, 1.165) is 25.7 Å². The van der Waals surface area contributed by atoms with Gasteiger partial charge in [-0.2, -0.15) is 0 Å².